The number of carboxylic acid groups (broad SMARTS) is 1. The Balaban J connectivity index is 2.11. The molecule has 0 radical (unpaired) electrons. The molecule has 2 fully saturated rings. The summed E-state index contributed by atoms with van der Waals surface area (Å²) in [4.78, 5) is 11.0. The number of carbonyl (C=O) groups is 1. The lowest BCUT2D eigenvalue weighted by Crippen LogP contribution is -2.51. The Morgan fingerprint density at radius 2 is 2.08 bits per heavy atom. The molecule has 1 N–H and O–H groups in total. The molecule has 2 rings (SSSR count). The molecule has 1 aliphatic heterocycles. The van der Waals surface area contributed by atoms with Crippen LogP contribution in [-0.2, 0) is 9.53 Å². The van der Waals surface area contributed by atoms with Gasteiger partial charge in [0.1, 0.15) is 0 Å². The fourth-order valence-electron chi connectivity index (χ4n) is 2.42. The van der Waals surface area contributed by atoms with E-state index in [2.05, 4.69) is 0 Å². The van der Waals surface area contributed by atoms with E-state index in [-0.39, 0.29) is 5.60 Å². The minimum atomic E-state index is -0.665. The van der Waals surface area contributed by atoms with E-state index in [1.165, 1.54) is 6.42 Å². The van der Waals surface area contributed by atoms with Crippen molar-refractivity contribution in [2.24, 2.45) is 5.41 Å². The summed E-state index contributed by atoms with van der Waals surface area (Å²) in [6.07, 6.45) is 4.65. The molecule has 0 bridgehead atoms. The van der Waals surface area contributed by atoms with E-state index >= 15 is 0 Å². The molecule has 1 saturated carbocycles. The molecule has 3 heteroatoms. The fourth-order valence-corrected chi connectivity index (χ4v) is 2.42. The van der Waals surface area contributed by atoms with Crippen LogP contribution in [0, 0.1) is 5.41 Å². The standard InChI is InChI=1S/C10H16O3/c1-9(8(11)12)5-6-13-10(7-9)3-2-4-10/h2-7H2,1H3,(H,11,12)/t9-/m1/s1. The van der Waals surface area contributed by atoms with Crippen molar-refractivity contribution in [1.82, 2.24) is 0 Å². The van der Waals surface area contributed by atoms with E-state index in [0.717, 1.165) is 12.8 Å². The van der Waals surface area contributed by atoms with Crippen LogP contribution < -0.4 is 0 Å². The van der Waals surface area contributed by atoms with Crippen LogP contribution in [-0.4, -0.2) is 23.3 Å². The van der Waals surface area contributed by atoms with Gasteiger partial charge < -0.3 is 9.84 Å². The van der Waals surface area contributed by atoms with E-state index in [1.54, 1.807) is 0 Å². The first-order valence-electron chi connectivity index (χ1n) is 4.94. The molecular formula is C10H16O3. The van der Waals surface area contributed by atoms with Gasteiger partial charge in [-0.2, -0.15) is 0 Å². The average Bonchev–Trinajstić information content (AvgIpc) is 2.01. The summed E-state index contributed by atoms with van der Waals surface area (Å²) >= 11 is 0. The van der Waals surface area contributed by atoms with Crippen molar-refractivity contribution < 1.29 is 14.6 Å². The maximum absolute atomic E-state index is 11.0. The highest BCUT2D eigenvalue weighted by Gasteiger charge is 2.50. The number of hydrogen-bond acceptors (Lipinski definition) is 2. The van der Waals surface area contributed by atoms with Gasteiger partial charge in [0.25, 0.3) is 0 Å². The predicted molar refractivity (Wildman–Crippen MR) is 47.5 cm³/mol. The Labute approximate surface area is 78.1 Å². The smallest absolute Gasteiger partial charge is 0.309 e. The molecule has 0 aromatic rings. The van der Waals surface area contributed by atoms with E-state index in [0.29, 0.717) is 19.4 Å². The highest BCUT2D eigenvalue weighted by atomic mass is 16.5. The number of aliphatic carboxylic acids is 1. The molecule has 0 aromatic carbocycles. The Morgan fingerprint density at radius 3 is 2.54 bits per heavy atom. The second-order valence-electron chi connectivity index (χ2n) is 4.68. The molecule has 1 spiro atoms. The Bertz CT molecular complexity index is 232. The largest absolute Gasteiger partial charge is 0.481 e. The van der Waals surface area contributed by atoms with Gasteiger partial charge in [0.15, 0.2) is 0 Å². The van der Waals surface area contributed by atoms with Gasteiger partial charge >= 0.3 is 5.97 Å². The van der Waals surface area contributed by atoms with Gasteiger partial charge in [-0.25, -0.2) is 0 Å². The van der Waals surface area contributed by atoms with E-state index < -0.39 is 11.4 Å². The topological polar surface area (TPSA) is 46.5 Å². The average molecular weight is 184 g/mol. The number of hydrogen-bond donors (Lipinski definition) is 1. The second-order valence-corrected chi connectivity index (χ2v) is 4.68. The highest BCUT2D eigenvalue weighted by molar-refractivity contribution is 5.74. The third kappa shape index (κ3) is 1.35. The molecule has 1 heterocycles. The first kappa shape index (κ1) is 9.00. The maximum Gasteiger partial charge on any atom is 0.309 e. The van der Waals surface area contributed by atoms with Crippen LogP contribution in [0.1, 0.15) is 39.0 Å². The predicted octanol–water partition coefficient (Wildman–Crippen LogP) is 1.81. The second kappa shape index (κ2) is 2.71. The summed E-state index contributed by atoms with van der Waals surface area (Å²) in [7, 11) is 0. The fraction of sp³-hybridized carbons (Fsp3) is 0.900. The lowest BCUT2D eigenvalue weighted by atomic mass is 9.66. The van der Waals surface area contributed by atoms with Gasteiger partial charge in [-0.15, -0.1) is 0 Å². The Kier molecular flexibility index (Phi) is 1.88. The van der Waals surface area contributed by atoms with Crippen LogP contribution in [0.4, 0.5) is 0 Å². The summed E-state index contributed by atoms with van der Waals surface area (Å²) in [5.74, 6) is -0.665. The summed E-state index contributed by atoms with van der Waals surface area (Å²) in [5, 5.41) is 9.09. The van der Waals surface area contributed by atoms with Gasteiger partial charge in [0, 0.05) is 6.61 Å². The van der Waals surface area contributed by atoms with Crippen LogP contribution >= 0.6 is 0 Å². The molecule has 1 saturated heterocycles. The van der Waals surface area contributed by atoms with E-state index in [1.807, 2.05) is 6.92 Å². The molecule has 0 unspecified atom stereocenters. The molecule has 1 aliphatic carbocycles. The minimum Gasteiger partial charge on any atom is -0.481 e. The first-order chi connectivity index (χ1) is 6.06. The summed E-state index contributed by atoms with van der Waals surface area (Å²) in [6, 6.07) is 0. The highest BCUT2D eigenvalue weighted by Crippen LogP contribution is 2.48. The van der Waals surface area contributed by atoms with Crippen molar-refractivity contribution in [2.45, 2.75) is 44.6 Å². The van der Waals surface area contributed by atoms with Gasteiger partial charge in [0.2, 0.25) is 0 Å². The van der Waals surface area contributed by atoms with Gasteiger partial charge in [-0.05, 0) is 39.0 Å². The number of rotatable bonds is 1. The van der Waals surface area contributed by atoms with Gasteiger partial charge in [-0.1, -0.05) is 0 Å². The summed E-state index contributed by atoms with van der Waals surface area (Å²) < 4.78 is 5.68. The van der Waals surface area contributed by atoms with E-state index in [9.17, 15) is 4.79 Å². The third-order valence-electron chi connectivity index (χ3n) is 3.56. The lowest BCUT2D eigenvalue weighted by Gasteiger charge is -2.49. The van der Waals surface area contributed by atoms with Crippen molar-refractivity contribution in [1.29, 1.82) is 0 Å². The normalized spacial score (nSPS) is 37.0. The third-order valence-corrected chi connectivity index (χ3v) is 3.56. The Morgan fingerprint density at radius 1 is 1.38 bits per heavy atom. The SMILES string of the molecule is C[C@@]1(C(=O)O)CCOC2(CCC2)C1. The van der Waals surface area contributed by atoms with Crippen LogP contribution in [0.25, 0.3) is 0 Å². The molecule has 1 atom stereocenters. The summed E-state index contributed by atoms with van der Waals surface area (Å²) in [5.41, 5.74) is -0.607. The maximum atomic E-state index is 11.0. The van der Waals surface area contributed by atoms with Gasteiger partial charge in [-0.3, -0.25) is 4.79 Å². The molecule has 0 aromatic heterocycles. The van der Waals surface area contributed by atoms with E-state index in [4.69, 9.17) is 9.84 Å². The van der Waals surface area contributed by atoms with Crippen LogP contribution in [0.5, 0.6) is 0 Å². The molecular weight excluding hydrogens is 168 g/mol. The first-order valence-corrected chi connectivity index (χ1v) is 4.94. The molecule has 13 heavy (non-hydrogen) atoms. The minimum absolute atomic E-state index is 0.0641. The Hall–Kier alpha value is -0.570. The van der Waals surface area contributed by atoms with Crippen molar-refractivity contribution in [3.05, 3.63) is 0 Å². The zero-order chi connectivity index (χ0) is 9.53. The monoisotopic (exact) mass is 184 g/mol. The molecule has 0 amide bonds. The van der Waals surface area contributed by atoms with Crippen molar-refractivity contribution in [3.8, 4) is 0 Å². The van der Waals surface area contributed by atoms with Crippen LogP contribution in [0.3, 0.4) is 0 Å². The number of ether oxygens (including phenoxy) is 1. The lowest BCUT2D eigenvalue weighted by molar-refractivity contribution is -0.185. The molecule has 74 valence electrons. The zero-order valence-electron chi connectivity index (χ0n) is 8.01. The molecule has 2 aliphatic rings. The van der Waals surface area contributed by atoms with Crippen molar-refractivity contribution >= 4 is 5.97 Å². The van der Waals surface area contributed by atoms with Crippen LogP contribution in [0.15, 0.2) is 0 Å². The van der Waals surface area contributed by atoms with Gasteiger partial charge in [0.05, 0.1) is 11.0 Å². The van der Waals surface area contributed by atoms with Crippen molar-refractivity contribution in [2.75, 3.05) is 6.61 Å². The quantitative estimate of drug-likeness (QED) is 0.676. The summed E-state index contributed by atoms with van der Waals surface area (Å²) in [6.45, 7) is 2.46. The zero-order valence-corrected chi connectivity index (χ0v) is 8.01. The number of carboxylic acids is 1. The molecule has 3 nitrogen and oxygen atoms in total. The van der Waals surface area contributed by atoms with Crippen LogP contribution in [0.2, 0.25) is 0 Å². The van der Waals surface area contributed by atoms with Crippen molar-refractivity contribution in [3.63, 3.8) is 0 Å².